The number of carbonyl (C=O) groups excluding carboxylic acids is 2. The van der Waals surface area contributed by atoms with Crippen LogP contribution in [0.3, 0.4) is 0 Å². The van der Waals surface area contributed by atoms with Crippen molar-refractivity contribution >= 4 is 34.5 Å². The van der Waals surface area contributed by atoms with Crippen molar-refractivity contribution < 1.29 is 36.6 Å². The molecule has 1 unspecified atom stereocenters. The summed E-state index contributed by atoms with van der Waals surface area (Å²) >= 11 is 0. The van der Waals surface area contributed by atoms with E-state index in [2.05, 4.69) is 30.7 Å². The van der Waals surface area contributed by atoms with Crippen molar-refractivity contribution in [1.82, 2.24) is 24.7 Å². The first-order valence-electron chi connectivity index (χ1n) is 9.71. The number of anilines is 2. The Bertz CT molecular complexity index is 1320. The van der Waals surface area contributed by atoms with Crippen LogP contribution in [0.15, 0.2) is 18.3 Å². The molecule has 0 aliphatic carbocycles. The number of hydrogen-bond acceptors (Lipinski definition) is 8. The number of hydrogen-bond donors (Lipinski definition) is 2. The Hall–Kier alpha value is -3.91. The van der Waals surface area contributed by atoms with E-state index in [1.54, 1.807) is 0 Å². The topological polar surface area (TPSA) is 138 Å². The molecule has 0 saturated heterocycles. The first kappa shape index (κ1) is 23.3. The zero-order valence-corrected chi connectivity index (χ0v) is 17.5. The molecule has 0 bridgehead atoms. The fourth-order valence-corrected chi connectivity index (χ4v) is 3.57. The largest absolute Gasteiger partial charge is 0.549 e. The van der Waals surface area contributed by atoms with E-state index in [0.717, 1.165) is 11.6 Å². The van der Waals surface area contributed by atoms with Crippen LogP contribution in [0.4, 0.5) is 33.6 Å². The number of aromatic nitrogens is 5. The van der Waals surface area contributed by atoms with E-state index in [1.807, 2.05) is 0 Å². The predicted octanol–water partition coefficient (Wildman–Crippen LogP) is 1.48. The van der Waals surface area contributed by atoms with Crippen molar-refractivity contribution in [1.29, 1.82) is 0 Å². The third-order valence-electron chi connectivity index (χ3n) is 5.51. The number of halogens is 5. The van der Waals surface area contributed by atoms with Crippen LogP contribution in [0, 0.1) is 0 Å². The Morgan fingerprint density at radius 3 is 2.59 bits per heavy atom. The molecule has 1 atom stereocenters. The molecule has 4 rings (SSSR count). The Labute approximate surface area is 187 Å². The second-order valence-corrected chi connectivity index (χ2v) is 7.63. The van der Waals surface area contributed by atoms with Crippen LogP contribution >= 0.6 is 0 Å². The van der Waals surface area contributed by atoms with Gasteiger partial charge in [-0.2, -0.15) is 27.1 Å². The molecule has 15 heteroatoms. The predicted molar refractivity (Wildman–Crippen MR) is 105 cm³/mol. The van der Waals surface area contributed by atoms with Gasteiger partial charge in [0.15, 0.2) is 11.5 Å². The molecule has 0 radical (unpaired) electrons. The van der Waals surface area contributed by atoms with Crippen LogP contribution in [0.5, 0.6) is 0 Å². The highest BCUT2D eigenvalue weighted by Gasteiger charge is 2.56. The van der Waals surface area contributed by atoms with E-state index in [-0.39, 0.29) is 39.8 Å². The fraction of sp³-hybridized carbons (Fsp3) is 0.368. The van der Waals surface area contributed by atoms with Gasteiger partial charge in [0.05, 0.1) is 16.9 Å². The standard InChI is InChI=1S/C19H16F5N7O3/c1-17(16(33)34)9-11(25-2)27-13(28-12(9)29-15(17)32)10-8-4-3-6-26-14(8)31(30-10)7-5-18(20,21)19(22,23)24/h3-4,6H,5,7H2,1-2H3,(H,33,34)(H2,25,27,28,29,32)/p-1. The summed E-state index contributed by atoms with van der Waals surface area (Å²) in [6, 6.07) is 2.98. The summed E-state index contributed by atoms with van der Waals surface area (Å²) in [7, 11) is 1.42. The number of amides is 1. The van der Waals surface area contributed by atoms with E-state index in [1.165, 1.54) is 25.4 Å². The van der Waals surface area contributed by atoms with Crippen molar-refractivity contribution in [3.8, 4) is 11.5 Å². The van der Waals surface area contributed by atoms with Crippen LogP contribution in [-0.4, -0.2) is 55.8 Å². The van der Waals surface area contributed by atoms with Gasteiger partial charge in [-0.05, 0) is 19.1 Å². The number of nitrogens with one attached hydrogen (secondary N) is 2. The van der Waals surface area contributed by atoms with Gasteiger partial charge >= 0.3 is 12.1 Å². The maximum atomic E-state index is 13.5. The lowest BCUT2D eigenvalue weighted by Gasteiger charge is -2.24. The molecule has 3 aromatic heterocycles. The highest BCUT2D eigenvalue weighted by atomic mass is 19.4. The Balaban J connectivity index is 1.83. The van der Waals surface area contributed by atoms with Gasteiger partial charge in [0.1, 0.15) is 22.7 Å². The third-order valence-corrected chi connectivity index (χ3v) is 5.51. The number of alkyl halides is 5. The maximum Gasteiger partial charge on any atom is 0.453 e. The fourth-order valence-electron chi connectivity index (χ4n) is 3.57. The molecule has 1 amide bonds. The molecule has 1 aliphatic rings. The molecule has 0 saturated carbocycles. The highest BCUT2D eigenvalue weighted by molar-refractivity contribution is 6.18. The van der Waals surface area contributed by atoms with Crippen LogP contribution in [0.25, 0.3) is 22.6 Å². The van der Waals surface area contributed by atoms with E-state index in [4.69, 9.17) is 0 Å². The summed E-state index contributed by atoms with van der Waals surface area (Å²) < 4.78 is 65.5. The summed E-state index contributed by atoms with van der Waals surface area (Å²) in [5.41, 5.74) is -2.17. The minimum atomic E-state index is -5.72. The van der Waals surface area contributed by atoms with Gasteiger partial charge in [-0.25, -0.2) is 19.6 Å². The van der Waals surface area contributed by atoms with Crippen LogP contribution in [0.1, 0.15) is 18.9 Å². The average Bonchev–Trinajstić information content (AvgIpc) is 3.26. The molecule has 3 aromatic rings. The van der Waals surface area contributed by atoms with Gasteiger partial charge in [-0.1, -0.05) is 0 Å². The quantitative estimate of drug-likeness (QED) is 0.397. The molecular weight excluding hydrogens is 469 g/mol. The number of carbonyl (C=O) groups is 2. The van der Waals surface area contributed by atoms with E-state index >= 15 is 0 Å². The van der Waals surface area contributed by atoms with Gasteiger partial charge in [-0.3, -0.25) is 4.79 Å². The molecule has 2 N–H and O–H groups in total. The molecule has 34 heavy (non-hydrogen) atoms. The normalized spacial score (nSPS) is 18.1. The summed E-state index contributed by atoms with van der Waals surface area (Å²) in [5.74, 6) is -7.85. The van der Waals surface area contributed by atoms with Crippen LogP contribution < -0.4 is 15.7 Å². The molecule has 0 spiro atoms. The van der Waals surface area contributed by atoms with Gasteiger partial charge < -0.3 is 20.5 Å². The number of carboxylic acids is 1. The van der Waals surface area contributed by atoms with Crippen molar-refractivity contribution in [2.24, 2.45) is 0 Å². The van der Waals surface area contributed by atoms with Gasteiger partial charge in [-0.15, -0.1) is 0 Å². The summed E-state index contributed by atoms with van der Waals surface area (Å²) in [5, 5.41) is 21.1. The molecule has 4 heterocycles. The van der Waals surface area contributed by atoms with E-state index < -0.39 is 42.4 Å². The van der Waals surface area contributed by atoms with Crippen molar-refractivity contribution in [2.45, 2.75) is 37.4 Å². The number of aryl methyl sites for hydroxylation is 1. The molecular formula is C19H15F5N7O3-. The second kappa shape index (κ2) is 7.56. The Morgan fingerprint density at radius 1 is 1.26 bits per heavy atom. The number of nitrogens with zero attached hydrogens (tertiary/aromatic N) is 5. The van der Waals surface area contributed by atoms with E-state index in [9.17, 15) is 36.6 Å². The molecule has 1 aliphatic heterocycles. The SMILES string of the molecule is CNc1nc(-c2nn(CCC(F)(F)C(F)(F)F)c3ncccc23)nc2c1C(C)(C(=O)[O-])C(=O)N2. The summed E-state index contributed by atoms with van der Waals surface area (Å²) in [6.07, 6.45) is -5.99. The summed E-state index contributed by atoms with van der Waals surface area (Å²) in [4.78, 5) is 36.5. The first-order chi connectivity index (χ1) is 15.8. The lowest BCUT2D eigenvalue weighted by atomic mass is 9.84. The van der Waals surface area contributed by atoms with Crippen molar-refractivity contribution in [2.75, 3.05) is 17.7 Å². The Kier molecular flexibility index (Phi) is 5.17. The highest BCUT2D eigenvalue weighted by Crippen LogP contribution is 2.42. The Morgan fingerprint density at radius 2 is 1.97 bits per heavy atom. The number of pyridine rings is 1. The monoisotopic (exact) mass is 484 g/mol. The lowest BCUT2D eigenvalue weighted by Crippen LogP contribution is -2.48. The first-order valence-corrected chi connectivity index (χ1v) is 9.71. The maximum absolute atomic E-state index is 13.5. The van der Waals surface area contributed by atoms with Gasteiger partial charge in [0.25, 0.3) is 0 Å². The third kappa shape index (κ3) is 3.38. The van der Waals surface area contributed by atoms with Crippen molar-refractivity contribution in [3.63, 3.8) is 0 Å². The van der Waals surface area contributed by atoms with Gasteiger partial charge in [0, 0.05) is 26.2 Å². The molecule has 0 fully saturated rings. The minimum Gasteiger partial charge on any atom is -0.549 e. The lowest BCUT2D eigenvalue weighted by molar-refractivity contribution is -0.311. The minimum absolute atomic E-state index is 0.00851. The molecule has 0 aromatic carbocycles. The molecule has 180 valence electrons. The number of carboxylic acid groups (broad SMARTS) is 1. The van der Waals surface area contributed by atoms with Crippen molar-refractivity contribution in [3.05, 3.63) is 23.9 Å². The smallest absolute Gasteiger partial charge is 0.453 e. The molecule has 10 nitrogen and oxygen atoms in total. The summed E-state index contributed by atoms with van der Waals surface area (Å²) in [6.45, 7) is 0.311. The zero-order valence-electron chi connectivity index (χ0n) is 17.5. The number of rotatable bonds is 6. The van der Waals surface area contributed by atoms with Crippen LogP contribution in [-0.2, 0) is 21.5 Å². The number of aliphatic carboxylic acids is 1. The second-order valence-electron chi connectivity index (χ2n) is 7.63. The average molecular weight is 484 g/mol. The van der Waals surface area contributed by atoms with Gasteiger partial charge in [0.2, 0.25) is 5.91 Å². The number of fused-ring (bicyclic) bond motifs is 2. The van der Waals surface area contributed by atoms with Crippen LogP contribution in [0.2, 0.25) is 0 Å². The zero-order chi connectivity index (χ0) is 25.1. The van der Waals surface area contributed by atoms with E-state index in [0.29, 0.717) is 0 Å².